The molecule has 1 atom stereocenters. The molecule has 1 unspecified atom stereocenters. The van der Waals surface area contributed by atoms with Crippen molar-refractivity contribution < 1.29 is 4.74 Å². The summed E-state index contributed by atoms with van der Waals surface area (Å²) in [6, 6.07) is 8.02. The molecule has 3 rings (SSSR count). The van der Waals surface area contributed by atoms with Crippen LogP contribution in [0.15, 0.2) is 34.9 Å². The number of fused-ring (bicyclic) bond motifs is 1. The third-order valence-electron chi connectivity index (χ3n) is 2.77. The highest BCUT2D eigenvalue weighted by Gasteiger charge is 2.24. The number of aromatic nitrogens is 2. The maximum Gasteiger partial charge on any atom is 0.221 e. The van der Waals surface area contributed by atoms with Crippen molar-refractivity contribution in [2.45, 2.75) is 6.04 Å². The zero-order chi connectivity index (χ0) is 12.5. The molecule has 2 heterocycles. The lowest BCUT2D eigenvalue weighted by molar-refractivity contribution is 0.339. The Kier molecular flexibility index (Phi) is 2.79. The largest absolute Gasteiger partial charge is 0.491 e. The molecule has 2 aromatic rings. The fourth-order valence-corrected chi connectivity index (χ4v) is 2.23. The molecule has 1 aromatic carbocycles. The summed E-state index contributed by atoms with van der Waals surface area (Å²) in [5.41, 5.74) is 6.71. The van der Waals surface area contributed by atoms with Crippen LogP contribution >= 0.6 is 15.9 Å². The Bertz CT molecular complexity index is 590. The second-order valence-corrected chi connectivity index (χ2v) is 4.82. The Morgan fingerprint density at radius 3 is 3.11 bits per heavy atom. The molecular weight excluding hydrogens is 296 g/mol. The number of hydrogen-bond donors (Lipinski definition) is 2. The third-order valence-corrected chi connectivity index (χ3v) is 3.35. The van der Waals surface area contributed by atoms with Crippen LogP contribution in [0.1, 0.15) is 11.6 Å². The quantitative estimate of drug-likeness (QED) is 0.891. The zero-order valence-corrected chi connectivity index (χ0v) is 11.0. The van der Waals surface area contributed by atoms with E-state index in [0.29, 0.717) is 12.4 Å². The predicted octanol–water partition coefficient (Wildman–Crippen LogP) is 2.37. The van der Waals surface area contributed by atoms with Crippen molar-refractivity contribution in [3.05, 3.63) is 40.5 Å². The van der Waals surface area contributed by atoms with Crippen LogP contribution in [0.3, 0.4) is 0 Å². The molecule has 0 amide bonds. The van der Waals surface area contributed by atoms with E-state index in [9.17, 15) is 0 Å². The van der Waals surface area contributed by atoms with Gasteiger partial charge in [0.15, 0.2) is 0 Å². The van der Waals surface area contributed by atoms with E-state index in [0.717, 1.165) is 15.8 Å². The second kappa shape index (κ2) is 4.45. The fraction of sp³-hybridized carbons (Fsp3) is 0.167. The van der Waals surface area contributed by atoms with Gasteiger partial charge >= 0.3 is 0 Å². The van der Waals surface area contributed by atoms with E-state index in [1.165, 1.54) is 0 Å². The molecule has 0 saturated carbocycles. The van der Waals surface area contributed by atoms with Gasteiger partial charge in [0.1, 0.15) is 18.2 Å². The number of nitrogens with zero attached hydrogens (tertiary/aromatic N) is 2. The fourth-order valence-electron chi connectivity index (χ4n) is 1.93. The van der Waals surface area contributed by atoms with Crippen molar-refractivity contribution in [3.8, 4) is 5.75 Å². The van der Waals surface area contributed by atoms with E-state index in [-0.39, 0.29) is 12.0 Å². The summed E-state index contributed by atoms with van der Waals surface area (Å²) in [7, 11) is 0. The molecule has 0 bridgehead atoms. The number of nitrogens with one attached hydrogen (secondary N) is 1. The van der Waals surface area contributed by atoms with Gasteiger partial charge in [-0.05, 0) is 22.0 Å². The van der Waals surface area contributed by atoms with Crippen molar-refractivity contribution in [1.29, 1.82) is 0 Å². The molecule has 1 aliphatic rings. The number of nitrogens with two attached hydrogens (primary N) is 1. The van der Waals surface area contributed by atoms with E-state index in [4.69, 9.17) is 10.5 Å². The molecule has 0 fully saturated rings. The molecule has 0 saturated heterocycles. The van der Waals surface area contributed by atoms with Crippen LogP contribution in [0, 0.1) is 0 Å². The molecule has 0 radical (unpaired) electrons. The number of para-hydroxylation sites is 1. The average Bonchev–Trinajstić information content (AvgIpc) is 2.78. The minimum Gasteiger partial charge on any atom is -0.491 e. The van der Waals surface area contributed by atoms with Crippen LogP contribution < -0.4 is 15.8 Å². The summed E-state index contributed by atoms with van der Waals surface area (Å²) in [6.07, 6.45) is 1.63. The van der Waals surface area contributed by atoms with E-state index in [1.807, 2.05) is 24.3 Å². The summed E-state index contributed by atoms with van der Waals surface area (Å²) < 4.78 is 6.38. The normalized spacial score (nSPS) is 17.1. The van der Waals surface area contributed by atoms with Crippen LogP contribution in [-0.4, -0.2) is 16.6 Å². The molecule has 1 aromatic heterocycles. The minimum atomic E-state index is 0.0757. The summed E-state index contributed by atoms with van der Waals surface area (Å²) in [5, 5.41) is 3.30. The van der Waals surface area contributed by atoms with Gasteiger partial charge in [0.25, 0.3) is 0 Å². The van der Waals surface area contributed by atoms with E-state index < -0.39 is 0 Å². The summed E-state index contributed by atoms with van der Waals surface area (Å²) in [6.45, 7) is 0.579. The summed E-state index contributed by atoms with van der Waals surface area (Å²) in [5.74, 6) is 1.83. The summed E-state index contributed by atoms with van der Waals surface area (Å²) >= 11 is 3.39. The van der Waals surface area contributed by atoms with Crippen LogP contribution in [0.25, 0.3) is 0 Å². The molecule has 3 N–H and O–H groups in total. The van der Waals surface area contributed by atoms with E-state index in [2.05, 4.69) is 31.2 Å². The molecular formula is C12H11BrN4O. The Labute approximate surface area is 113 Å². The summed E-state index contributed by atoms with van der Waals surface area (Å²) in [4.78, 5) is 8.07. The highest BCUT2D eigenvalue weighted by molar-refractivity contribution is 9.10. The lowest BCUT2D eigenvalue weighted by atomic mass is 10.1. The van der Waals surface area contributed by atoms with Crippen LogP contribution in [0.2, 0.25) is 0 Å². The number of hydrogen-bond acceptors (Lipinski definition) is 5. The molecule has 6 heteroatoms. The first-order valence-electron chi connectivity index (χ1n) is 5.50. The molecule has 1 aliphatic heterocycles. The van der Waals surface area contributed by atoms with Gasteiger partial charge in [0.05, 0.1) is 10.5 Å². The van der Waals surface area contributed by atoms with Gasteiger partial charge in [0, 0.05) is 11.8 Å². The molecule has 0 aliphatic carbocycles. The van der Waals surface area contributed by atoms with Gasteiger partial charge in [-0.3, -0.25) is 0 Å². The monoisotopic (exact) mass is 306 g/mol. The molecule has 5 nitrogen and oxygen atoms in total. The maximum atomic E-state index is 5.60. The second-order valence-electron chi connectivity index (χ2n) is 3.97. The third kappa shape index (κ3) is 1.99. The first-order chi connectivity index (χ1) is 8.74. The highest BCUT2D eigenvalue weighted by Crippen LogP contribution is 2.34. The SMILES string of the molecule is Nc1ncc(Br)c(NC2COc3ccccc32)n1. The Morgan fingerprint density at radius 2 is 2.22 bits per heavy atom. The Hall–Kier alpha value is -1.82. The maximum absolute atomic E-state index is 5.60. The molecule has 92 valence electrons. The molecule has 18 heavy (non-hydrogen) atoms. The minimum absolute atomic E-state index is 0.0757. The van der Waals surface area contributed by atoms with Crippen molar-refractivity contribution in [2.24, 2.45) is 0 Å². The van der Waals surface area contributed by atoms with E-state index >= 15 is 0 Å². The number of halogens is 1. The lowest BCUT2D eigenvalue weighted by Gasteiger charge is -2.13. The van der Waals surface area contributed by atoms with Gasteiger partial charge in [0.2, 0.25) is 5.95 Å². The first-order valence-corrected chi connectivity index (χ1v) is 6.29. The van der Waals surface area contributed by atoms with Gasteiger partial charge in [-0.25, -0.2) is 4.98 Å². The predicted molar refractivity (Wildman–Crippen MR) is 72.4 cm³/mol. The van der Waals surface area contributed by atoms with Gasteiger partial charge in [-0.15, -0.1) is 0 Å². The van der Waals surface area contributed by atoms with Crippen molar-refractivity contribution in [3.63, 3.8) is 0 Å². The Balaban J connectivity index is 1.88. The van der Waals surface area contributed by atoms with Crippen LogP contribution in [0.5, 0.6) is 5.75 Å². The van der Waals surface area contributed by atoms with Crippen LogP contribution in [0.4, 0.5) is 11.8 Å². The van der Waals surface area contributed by atoms with Crippen molar-refractivity contribution in [2.75, 3.05) is 17.7 Å². The number of rotatable bonds is 2. The topological polar surface area (TPSA) is 73.1 Å². The van der Waals surface area contributed by atoms with Crippen LogP contribution in [-0.2, 0) is 0 Å². The van der Waals surface area contributed by atoms with Gasteiger partial charge in [-0.2, -0.15) is 4.98 Å². The molecule has 0 spiro atoms. The Morgan fingerprint density at radius 1 is 1.39 bits per heavy atom. The van der Waals surface area contributed by atoms with Gasteiger partial charge < -0.3 is 15.8 Å². The van der Waals surface area contributed by atoms with Crippen molar-refractivity contribution in [1.82, 2.24) is 9.97 Å². The number of nitrogen functional groups attached to an aromatic ring is 1. The first kappa shape index (κ1) is 11.3. The smallest absolute Gasteiger partial charge is 0.221 e. The van der Waals surface area contributed by atoms with Gasteiger partial charge in [-0.1, -0.05) is 18.2 Å². The standard InChI is InChI=1S/C12H11BrN4O/c13-8-5-15-12(14)17-11(8)16-9-6-18-10-4-2-1-3-7(9)10/h1-5,9H,6H2,(H3,14,15,16,17). The number of ether oxygens (including phenoxy) is 1. The van der Waals surface area contributed by atoms with Crippen molar-refractivity contribution >= 4 is 27.7 Å². The average molecular weight is 307 g/mol. The number of benzene rings is 1. The van der Waals surface area contributed by atoms with E-state index in [1.54, 1.807) is 6.20 Å². The lowest BCUT2D eigenvalue weighted by Crippen LogP contribution is -2.14. The number of anilines is 2. The zero-order valence-electron chi connectivity index (χ0n) is 9.43. The highest BCUT2D eigenvalue weighted by atomic mass is 79.9.